The number of carbonyl (C=O) groups is 1. The van der Waals surface area contributed by atoms with Crippen molar-refractivity contribution in [3.8, 4) is 11.1 Å². The lowest BCUT2D eigenvalue weighted by molar-refractivity contribution is -0.158. The van der Waals surface area contributed by atoms with E-state index in [1.165, 1.54) is 13.1 Å². The quantitative estimate of drug-likeness (QED) is 0.547. The number of hydrogen-bond donors (Lipinski definition) is 1. The second-order valence-electron chi connectivity index (χ2n) is 9.17. The van der Waals surface area contributed by atoms with Crippen LogP contribution in [0.5, 0.6) is 0 Å². The summed E-state index contributed by atoms with van der Waals surface area (Å²) in [6.07, 6.45) is 1.39. The second kappa shape index (κ2) is 7.76. The van der Waals surface area contributed by atoms with Gasteiger partial charge in [-0.15, -0.1) is 0 Å². The average molecular weight is 458 g/mol. The van der Waals surface area contributed by atoms with Gasteiger partial charge in [0.1, 0.15) is 5.78 Å². The fourth-order valence-electron chi connectivity index (χ4n) is 4.76. The summed E-state index contributed by atoms with van der Waals surface area (Å²) in [4.78, 5) is 17.9. The van der Waals surface area contributed by atoms with Crippen LogP contribution < -0.4 is 0 Å². The number of pyridine rings is 1. The van der Waals surface area contributed by atoms with E-state index in [-0.39, 0.29) is 17.8 Å². The lowest BCUT2D eigenvalue weighted by atomic mass is 9.85. The van der Waals surface area contributed by atoms with Crippen LogP contribution in [-0.2, 0) is 10.5 Å². The number of carbonyl (C=O) groups excluding carboxylic acids is 1. The normalized spacial score (nSPS) is 21.1. The molecule has 0 aliphatic carbocycles. The highest BCUT2D eigenvalue weighted by molar-refractivity contribution is 6.30. The highest BCUT2D eigenvalue weighted by atomic mass is 35.5. The summed E-state index contributed by atoms with van der Waals surface area (Å²) in [6, 6.07) is 7.51. The fourth-order valence-corrected chi connectivity index (χ4v) is 4.88. The Morgan fingerprint density at radius 2 is 1.94 bits per heavy atom. The smallest absolute Gasteiger partial charge is 0.221 e. The number of aliphatic hydroxyl groups is 1. The fraction of sp³-hybridized carbons (Fsp3) is 0.375. The van der Waals surface area contributed by atoms with Gasteiger partial charge >= 0.3 is 0 Å². The van der Waals surface area contributed by atoms with Crippen molar-refractivity contribution in [1.82, 2.24) is 15.0 Å². The number of Topliss-reactive ketones (excluding diaryl/α,β-unsaturated/α-hetero) is 1. The third-order valence-electron chi connectivity index (χ3n) is 5.83. The number of nitrogens with zero attached hydrogens (tertiary/aromatic N) is 3. The Balaban J connectivity index is 2.19. The Bertz CT molecular complexity index is 1190. The van der Waals surface area contributed by atoms with E-state index in [1.807, 2.05) is 20.8 Å². The van der Waals surface area contributed by atoms with Gasteiger partial charge in [-0.2, -0.15) is 4.39 Å². The molecule has 4 rings (SSSR count). The van der Waals surface area contributed by atoms with Crippen molar-refractivity contribution in [2.75, 3.05) is 0 Å². The predicted molar refractivity (Wildman–Crippen MR) is 119 cm³/mol. The SMILES string of the molecule is CC(=O)C[C@H]1c2onc(C)c2-c2ccnc(F)c2C(O)(c2ccc(Cl)cc2)N1C(C)(C)C. The molecule has 1 unspecified atom stereocenters. The number of ketones is 1. The van der Waals surface area contributed by atoms with E-state index in [4.69, 9.17) is 16.1 Å². The van der Waals surface area contributed by atoms with Crippen molar-refractivity contribution < 1.29 is 18.8 Å². The maximum absolute atomic E-state index is 15.6. The summed E-state index contributed by atoms with van der Waals surface area (Å²) in [5.41, 5.74) is -0.823. The molecule has 6 nitrogen and oxygen atoms in total. The molecule has 0 spiro atoms. The largest absolute Gasteiger partial charge is 0.367 e. The number of aryl methyl sites for hydroxylation is 1. The van der Waals surface area contributed by atoms with E-state index in [2.05, 4.69) is 10.1 Å². The van der Waals surface area contributed by atoms with E-state index in [9.17, 15) is 9.90 Å². The summed E-state index contributed by atoms with van der Waals surface area (Å²) in [5, 5.41) is 17.1. The molecular formula is C24H25ClFN3O3. The lowest BCUT2D eigenvalue weighted by Gasteiger charge is -2.50. The Morgan fingerprint density at radius 3 is 2.53 bits per heavy atom. The Hall–Kier alpha value is -2.61. The van der Waals surface area contributed by atoms with Crippen LogP contribution in [-0.4, -0.2) is 31.5 Å². The van der Waals surface area contributed by atoms with Crippen LogP contribution >= 0.6 is 11.6 Å². The minimum atomic E-state index is -1.98. The summed E-state index contributed by atoms with van der Waals surface area (Å²) < 4.78 is 21.3. The second-order valence-corrected chi connectivity index (χ2v) is 9.61. The maximum atomic E-state index is 15.6. The van der Waals surface area contributed by atoms with Gasteiger partial charge in [0.2, 0.25) is 5.95 Å². The van der Waals surface area contributed by atoms with Crippen LogP contribution in [0.3, 0.4) is 0 Å². The first-order valence-electron chi connectivity index (χ1n) is 10.3. The summed E-state index contributed by atoms with van der Waals surface area (Å²) in [7, 11) is 0. The molecule has 1 aliphatic heterocycles. The molecule has 0 amide bonds. The number of fused-ring (bicyclic) bond motifs is 3. The number of aromatic nitrogens is 2. The molecule has 1 aliphatic rings. The number of halogens is 2. The predicted octanol–water partition coefficient (Wildman–Crippen LogP) is 5.17. The number of benzene rings is 1. The van der Waals surface area contributed by atoms with Crippen molar-refractivity contribution in [2.24, 2.45) is 0 Å². The minimum Gasteiger partial charge on any atom is -0.367 e. The van der Waals surface area contributed by atoms with Gasteiger partial charge in [-0.05, 0) is 52.8 Å². The molecule has 0 saturated carbocycles. The molecule has 0 bridgehead atoms. The van der Waals surface area contributed by atoms with Crippen molar-refractivity contribution in [3.63, 3.8) is 0 Å². The molecule has 1 N–H and O–H groups in total. The lowest BCUT2D eigenvalue weighted by Crippen LogP contribution is -2.57. The van der Waals surface area contributed by atoms with Gasteiger partial charge < -0.3 is 9.63 Å². The van der Waals surface area contributed by atoms with Gasteiger partial charge in [0, 0.05) is 39.9 Å². The molecule has 8 heteroatoms. The topological polar surface area (TPSA) is 79.5 Å². The van der Waals surface area contributed by atoms with E-state index in [0.29, 0.717) is 33.2 Å². The first-order chi connectivity index (χ1) is 15.0. The third-order valence-corrected chi connectivity index (χ3v) is 6.08. The molecule has 2 aromatic heterocycles. The zero-order chi connectivity index (χ0) is 23.4. The molecule has 0 radical (unpaired) electrons. The van der Waals surface area contributed by atoms with Gasteiger partial charge in [0.05, 0.1) is 17.3 Å². The molecule has 3 aromatic rings. The van der Waals surface area contributed by atoms with Crippen LogP contribution in [0.2, 0.25) is 5.02 Å². The summed E-state index contributed by atoms with van der Waals surface area (Å²) >= 11 is 6.11. The Labute approximate surface area is 191 Å². The molecule has 0 saturated heterocycles. The van der Waals surface area contributed by atoms with Gasteiger partial charge in [0.25, 0.3) is 0 Å². The summed E-state index contributed by atoms with van der Waals surface area (Å²) in [6.45, 7) is 8.91. The zero-order valence-corrected chi connectivity index (χ0v) is 19.4. The number of rotatable bonds is 3. The van der Waals surface area contributed by atoms with Crippen molar-refractivity contribution >= 4 is 17.4 Å². The Morgan fingerprint density at radius 1 is 1.28 bits per heavy atom. The van der Waals surface area contributed by atoms with Crippen molar-refractivity contribution in [1.29, 1.82) is 0 Å². The molecule has 0 fully saturated rings. The van der Waals surface area contributed by atoms with E-state index < -0.39 is 23.3 Å². The van der Waals surface area contributed by atoms with Gasteiger partial charge in [-0.1, -0.05) is 28.9 Å². The molecule has 1 aromatic carbocycles. The van der Waals surface area contributed by atoms with E-state index >= 15 is 4.39 Å². The molecule has 32 heavy (non-hydrogen) atoms. The Kier molecular flexibility index (Phi) is 5.48. The van der Waals surface area contributed by atoms with Gasteiger partial charge in [-0.3, -0.25) is 9.69 Å². The highest BCUT2D eigenvalue weighted by Gasteiger charge is 2.54. The first kappa shape index (κ1) is 22.6. The van der Waals surface area contributed by atoms with E-state index in [1.54, 1.807) is 42.2 Å². The minimum absolute atomic E-state index is 0.0177. The molecule has 168 valence electrons. The van der Waals surface area contributed by atoms with Crippen molar-refractivity contribution in [2.45, 2.75) is 58.3 Å². The average Bonchev–Trinajstić information content (AvgIpc) is 3.03. The monoisotopic (exact) mass is 457 g/mol. The maximum Gasteiger partial charge on any atom is 0.221 e. The van der Waals surface area contributed by atoms with Crippen LogP contribution in [0.4, 0.5) is 4.39 Å². The first-order valence-corrected chi connectivity index (χ1v) is 10.7. The van der Waals surface area contributed by atoms with Gasteiger partial charge in [0.15, 0.2) is 11.5 Å². The standard InChI is InChI=1S/C24H25ClFN3O3/c1-13(30)12-18-21-19(14(2)28-32-21)17-10-11-27-22(26)20(17)24(31,29(18)23(3,4)5)15-6-8-16(25)9-7-15/h6-11,18,31H,12H2,1-5H3/t18-,24?/m0/s1. The van der Waals surface area contributed by atoms with Gasteiger partial charge in [-0.25, -0.2) is 4.98 Å². The van der Waals surface area contributed by atoms with Crippen LogP contribution in [0.25, 0.3) is 11.1 Å². The van der Waals surface area contributed by atoms with Crippen molar-refractivity contribution in [3.05, 3.63) is 70.1 Å². The summed E-state index contributed by atoms with van der Waals surface area (Å²) in [5.74, 6) is -0.513. The van der Waals surface area contributed by atoms with E-state index in [0.717, 1.165) is 0 Å². The molecule has 2 atom stereocenters. The zero-order valence-electron chi connectivity index (χ0n) is 18.6. The number of hydrogen-bond acceptors (Lipinski definition) is 6. The highest BCUT2D eigenvalue weighted by Crippen LogP contribution is 2.53. The van der Waals surface area contributed by atoms with Crippen LogP contribution in [0.1, 0.15) is 62.7 Å². The van der Waals surface area contributed by atoms with Crippen LogP contribution in [0, 0.1) is 12.9 Å². The third kappa shape index (κ3) is 3.45. The molecular weight excluding hydrogens is 433 g/mol. The van der Waals surface area contributed by atoms with Crippen LogP contribution in [0.15, 0.2) is 41.1 Å². The molecule has 3 heterocycles.